The molecule has 0 bridgehead atoms. The molecule has 0 unspecified atom stereocenters. The number of benzene rings is 1. The third-order valence-electron chi connectivity index (χ3n) is 4.55. The van der Waals surface area contributed by atoms with E-state index in [-0.39, 0.29) is 17.9 Å². The van der Waals surface area contributed by atoms with Crippen LogP contribution >= 0.6 is 0 Å². The van der Waals surface area contributed by atoms with Crippen molar-refractivity contribution in [2.75, 3.05) is 39.8 Å². The van der Waals surface area contributed by atoms with Crippen molar-refractivity contribution < 1.29 is 14.3 Å². The molecule has 1 atom stereocenters. The molecule has 6 heteroatoms. The second-order valence-corrected chi connectivity index (χ2v) is 6.00. The Morgan fingerprint density at radius 1 is 1.17 bits per heavy atom. The van der Waals surface area contributed by atoms with Crippen molar-refractivity contribution in [1.82, 2.24) is 15.1 Å². The number of nitrogens with one attached hydrogen (secondary N) is 1. The van der Waals surface area contributed by atoms with Crippen molar-refractivity contribution in [2.45, 2.75) is 18.9 Å². The lowest BCUT2D eigenvalue weighted by atomic mass is 10.1. The third kappa shape index (κ3) is 3.47. The lowest BCUT2D eigenvalue weighted by molar-refractivity contribution is -0.134. The minimum atomic E-state index is -0.0318. The molecule has 2 saturated heterocycles. The minimum absolute atomic E-state index is 0.00464. The number of rotatable bonds is 3. The number of ether oxygens (including phenoxy) is 1. The maximum atomic E-state index is 12.6. The number of amides is 2. The summed E-state index contributed by atoms with van der Waals surface area (Å²) >= 11 is 0. The molecule has 1 N–H and O–H groups in total. The van der Waals surface area contributed by atoms with Crippen molar-refractivity contribution in [2.24, 2.45) is 0 Å². The van der Waals surface area contributed by atoms with Gasteiger partial charge in [-0.3, -0.25) is 9.59 Å². The summed E-state index contributed by atoms with van der Waals surface area (Å²) in [5.74, 6) is 0.850. The van der Waals surface area contributed by atoms with Crippen molar-refractivity contribution >= 4 is 11.8 Å². The first-order chi connectivity index (χ1) is 11.2. The average Bonchev–Trinajstić information content (AvgIpc) is 3.15. The molecule has 2 aliphatic rings. The molecule has 1 aromatic carbocycles. The predicted molar refractivity (Wildman–Crippen MR) is 86.5 cm³/mol. The van der Waals surface area contributed by atoms with Crippen LogP contribution in [0.5, 0.6) is 5.75 Å². The van der Waals surface area contributed by atoms with E-state index in [1.807, 2.05) is 17.0 Å². The minimum Gasteiger partial charge on any atom is -0.497 e. The van der Waals surface area contributed by atoms with Gasteiger partial charge in [0.2, 0.25) is 5.91 Å². The monoisotopic (exact) mass is 317 g/mol. The Morgan fingerprint density at radius 2 is 1.91 bits per heavy atom. The molecular weight excluding hydrogens is 294 g/mol. The number of hydrogen-bond acceptors (Lipinski definition) is 4. The van der Waals surface area contributed by atoms with E-state index in [0.29, 0.717) is 37.5 Å². The molecule has 0 aromatic heterocycles. The third-order valence-corrected chi connectivity index (χ3v) is 4.55. The fourth-order valence-electron chi connectivity index (χ4n) is 3.18. The van der Waals surface area contributed by atoms with Crippen molar-refractivity contribution in [3.63, 3.8) is 0 Å². The second kappa shape index (κ2) is 7.00. The topological polar surface area (TPSA) is 61.9 Å². The van der Waals surface area contributed by atoms with Crippen LogP contribution in [0.3, 0.4) is 0 Å². The van der Waals surface area contributed by atoms with Gasteiger partial charge in [0, 0.05) is 31.7 Å². The van der Waals surface area contributed by atoms with E-state index in [2.05, 4.69) is 5.32 Å². The van der Waals surface area contributed by atoms with Gasteiger partial charge >= 0.3 is 0 Å². The fourth-order valence-corrected chi connectivity index (χ4v) is 3.18. The first-order valence-electron chi connectivity index (χ1n) is 8.14. The van der Waals surface area contributed by atoms with Crippen LogP contribution in [0.25, 0.3) is 0 Å². The predicted octanol–water partition coefficient (Wildman–Crippen LogP) is 0.732. The van der Waals surface area contributed by atoms with Gasteiger partial charge in [0.1, 0.15) is 5.75 Å². The van der Waals surface area contributed by atoms with Gasteiger partial charge in [0.15, 0.2) is 0 Å². The quantitative estimate of drug-likeness (QED) is 0.893. The fraction of sp³-hybridized carbons (Fsp3) is 0.529. The molecule has 124 valence electrons. The Balaban J connectivity index is 1.57. The molecule has 6 nitrogen and oxygen atoms in total. The molecule has 0 radical (unpaired) electrons. The van der Waals surface area contributed by atoms with E-state index in [0.717, 1.165) is 19.4 Å². The molecule has 2 heterocycles. The average molecular weight is 317 g/mol. The van der Waals surface area contributed by atoms with Gasteiger partial charge in [0.25, 0.3) is 5.91 Å². The smallest absolute Gasteiger partial charge is 0.254 e. The first-order valence-corrected chi connectivity index (χ1v) is 8.14. The molecule has 0 saturated carbocycles. The van der Waals surface area contributed by atoms with Crippen LogP contribution in [-0.2, 0) is 4.79 Å². The van der Waals surface area contributed by atoms with Crippen LogP contribution in [0, 0.1) is 0 Å². The van der Waals surface area contributed by atoms with E-state index in [9.17, 15) is 9.59 Å². The summed E-state index contributed by atoms with van der Waals surface area (Å²) < 4.78 is 5.17. The number of piperazine rings is 1. The van der Waals surface area contributed by atoms with E-state index in [1.54, 1.807) is 24.1 Å². The molecule has 2 fully saturated rings. The Hall–Kier alpha value is -2.08. The van der Waals surface area contributed by atoms with Gasteiger partial charge in [-0.05, 0) is 37.6 Å². The van der Waals surface area contributed by atoms with Crippen molar-refractivity contribution in [3.8, 4) is 5.75 Å². The Bertz CT molecular complexity index is 576. The molecule has 3 rings (SSSR count). The number of carbonyl (C=O) groups is 2. The summed E-state index contributed by atoms with van der Waals surface area (Å²) in [5, 5.41) is 3.24. The van der Waals surface area contributed by atoms with Crippen LogP contribution in [0.1, 0.15) is 23.2 Å². The summed E-state index contributed by atoms with van der Waals surface area (Å²) in [6, 6.07) is 7.16. The van der Waals surface area contributed by atoms with Gasteiger partial charge in [0.05, 0.1) is 13.2 Å². The SMILES string of the molecule is COc1cccc(C(=O)N2CCN(C(=O)[C@@H]3CCCN3)CC2)c1. The highest BCUT2D eigenvalue weighted by atomic mass is 16.5. The standard InChI is InChI=1S/C17H23N3O3/c1-23-14-5-2-4-13(12-14)16(21)19-8-10-20(11-9-19)17(22)15-6-3-7-18-15/h2,4-5,12,15,18H,3,6-11H2,1H3/t15-/m0/s1. The molecule has 2 amide bonds. The van der Waals surface area contributed by atoms with Crippen LogP contribution in [0.2, 0.25) is 0 Å². The zero-order valence-electron chi connectivity index (χ0n) is 13.5. The maximum absolute atomic E-state index is 12.6. The number of methoxy groups -OCH3 is 1. The Labute approximate surface area is 136 Å². The van der Waals surface area contributed by atoms with Gasteiger partial charge < -0.3 is 19.9 Å². The van der Waals surface area contributed by atoms with Gasteiger partial charge in [-0.2, -0.15) is 0 Å². The van der Waals surface area contributed by atoms with Crippen LogP contribution in [-0.4, -0.2) is 67.5 Å². The maximum Gasteiger partial charge on any atom is 0.254 e. The molecule has 23 heavy (non-hydrogen) atoms. The highest BCUT2D eigenvalue weighted by molar-refractivity contribution is 5.94. The lowest BCUT2D eigenvalue weighted by Crippen LogP contribution is -2.54. The highest BCUT2D eigenvalue weighted by Crippen LogP contribution is 2.16. The number of hydrogen-bond donors (Lipinski definition) is 1. The van der Waals surface area contributed by atoms with Crippen molar-refractivity contribution in [1.29, 1.82) is 0 Å². The summed E-state index contributed by atoms with van der Waals surface area (Å²) in [7, 11) is 1.59. The second-order valence-electron chi connectivity index (χ2n) is 6.00. The summed E-state index contributed by atoms with van der Waals surface area (Å²) in [6.07, 6.45) is 1.98. The summed E-state index contributed by atoms with van der Waals surface area (Å²) in [6.45, 7) is 3.28. The van der Waals surface area contributed by atoms with Crippen LogP contribution in [0.15, 0.2) is 24.3 Å². The van der Waals surface area contributed by atoms with Gasteiger partial charge in [-0.25, -0.2) is 0 Å². The number of carbonyl (C=O) groups excluding carboxylic acids is 2. The van der Waals surface area contributed by atoms with E-state index in [4.69, 9.17) is 4.74 Å². The van der Waals surface area contributed by atoms with E-state index in [1.165, 1.54) is 0 Å². The molecule has 0 spiro atoms. The summed E-state index contributed by atoms with van der Waals surface area (Å²) in [4.78, 5) is 28.6. The van der Waals surface area contributed by atoms with Crippen LogP contribution < -0.4 is 10.1 Å². The largest absolute Gasteiger partial charge is 0.497 e. The normalized spacial score (nSPS) is 21.3. The lowest BCUT2D eigenvalue weighted by Gasteiger charge is -2.36. The molecule has 2 aliphatic heterocycles. The molecule has 0 aliphatic carbocycles. The van der Waals surface area contributed by atoms with Crippen LogP contribution in [0.4, 0.5) is 0 Å². The van der Waals surface area contributed by atoms with E-state index < -0.39 is 0 Å². The molecular formula is C17H23N3O3. The molecule has 1 aromatic rings. The zero-order valence-corrected chi connectivity index (χ0v) is 13.5. The van der Waals surface area contributed by atoms with Gasteiger partial charge in [-0.1, -0.05) is 6.07 Å². The first kappa shape index (κ1) is 15.8. The Morgan fingerprint density at radius 3 is 2.57 bits per heavy atom. The zero-order chi connectivity index (χ0) is 16.2. The van der Waals surface area contributed by atoms with Gasteiger partial charge in [-0.15, -0.1) is 0 Å². The Kier molecular flexibility index (Phi) is 4.81. The number of nitrogens with zero attached hydrogens (tertiary/aromatic N) is 2. The highest BCUT2D eigenvalue weighted by Gasteiger charge is 2.30. The summed E-state index contributed by atoms with van der Waals surface area (Å²) in [5.41, 5.74) is 0.626. The van der Waals surface area contributed by atoms with E-state index >= 15 is 0 Å². The van der Waals surface area contributed by atoms with Crippen molar-refractivity contribution in [3.05, 3.63) is 29.8 Å².